The number of allylic oxidation sites excluding steroid dienone is 1. The van der Waals surface area contributed by atoms with E-state index in [4.69, 9.17) is 9.31 Å². The molecule has 0 aromatic carbocycles. The Bertz CT molecular complexity index is 292. The summed E-state index contributed by atoms with van der Waals surface area (Å²) >= 11 is 0. The molecule has 3 aliphatic rings. The molecule has 3 heteroatoms. The SMILES string of the molecule is CCB1OC2=C(CCC2)C2(CCCC2)O1. The minimum absolute atomic E-state index is 0.0277. The van der Waals surface area contributed by atoms with Gasteiger partial charge in [-0.05, 0) is 37.6 Å². The minimum Gasteiger partial charge on any atom is -0.539 e. The fourth-order valence-electron chi connectivity index (χ4n) is 3.37. The van der Waals surface area contributed by atoms with Gasteiger partial charge in [0.25, 0.3) is 0 Å². The second-order valence-corrected chi connectivity index (χ2v) is 5.03. The van der Waals surface area contributed by atoms with Crippen molar-refractivity contribution >= 4 is 7.12 Å². The van der Waals surface area contributed by atoms with Gasteiger partial charge in [-0.25, -0.2) is 0 Å². The van der Waals surface area contributed by atoms with Crippen molar-refractivity contribution in [2.75, 3.05) is 0 Å². The quantitative estimate of drug-likeness (QED) is 0.613. The van der Waals surface area contributed by atoms with Crippen LogP contribution in [0.15, 0.2) is 11.3 Å². The molecule has 2 aliphatic carbocycles. The van der Waals surface area contributed by atoms with Gasteiger partial charge < -0.3 is 9.31 Å². The maximum atomic E-state index is 6.22. The van der Waals surface area contributed by atoms with Crippen molar-refractivity contribution in [1.82, 2.24) is 0 Å². The Morgan fingerprint density at radius 1 is 1.20 bits per heavy atom. The van der Waals surface area contributed by atoms with E-state index in [0.29, 0.717) is 0 Å². The number of rotatable bonds is 1. The van der Waals surface area contributed by atoms with Crippen LogP contribution in [0.4, 0.5) is 0 Å². The lowest BCUT2D eigenvalue weighted by molar-refractivity contribution is 0.0566. The predicted molar refractivity (Wildman–Crippen MR) is 60.5 cm³/mol. The lowest BCUT2D eigenvalue weighted by Crippen LogP contribution is -2.43. The van der Waals surface area contributed by atoms with E-state index in [-0.39, 0.29) is 12.7 Å². The van der Waals surface area contributed by atoms with E-state index >= 15 is 0 Å². The normalized spacial score (nSPS) is 28.5. The monoisotopic (exact) mass is 206 g/mol. The van der Waals surface area contributed by atoms with E-state index < -0.39 is 0 Å². The average molecular weight is 206 g/mol. The summed E-state index contributed by atoms with van der Waals surface area (Å²) in [4.78, 5) is 0. The standard InChI is InChI=1S/C12H19BO2/c1-2-13-14-11-7-5-6-10(11)12(15-13)8-3-4-9-12/h2-9H2,1H3. The van der Waals surface area contributed by atoms with Crippen LogP contribution in [0.3, 0.4) is 0 Å². The Morgan fingerprint density at radius 2 is 2.00 bits per heavy atom. The molecule has 0 N–H and O–H groups in total. The molecule has 0 aromatic rings. The van der Waals surface area contributed by atoms with E-state index in [0.717, 1.165) is 12.7 Å². The zero-order valence-corrected chi connectivity index (χ0v) is 9.55. The molecular formula is C12H19BO2. The van der Waals surface area contributed by atoms with Gasteiger partial charge >= 0.3 is 7.12 Å². The molecule has 1 spiro atoms. The van der Waals surface area contributed by atoms with Crippen LogP contribution in [-0.4, -0.2) is 12.7 Å². The summed E-state index contributed by atoms with van der Waals surface area (Å²) in [5.41, 5.74) is 1.62. The Labute approximate surface area is 92.2 Å². The Hall–Kier alpha value is -0.435. The van der Waals surface area contributed by atoms with E-state index in [1.165, 1.54) is 49.9 Å². The van der Waals surface area contributed by atoms with E-state index in [2.05, 4.69) is 6.92 Å². The van der Waals surface area contributed by atoms with Gasteiger partial charge in [0, 0.05) is 6.42 Å². The molecule has 82 valence electrons. The van der Waals surface area contributed by atoms with Crippen LogP contribution in [0.25, 0.3) is 0 Å². The highest BCUT2D eigenvalue weighted by molar-refractivity contribution is 6.45. The summed E-state index contributed by atoms with van der Waals surface area (Å²) < 4.78 is 12.1. The molecule has 1 aliphatic heterocycles. The first-order valence-corrected chi connectivity index (χ1v) is 6.41. The van der Waals surface area contributed by atoms with Crippen LogP contribution >= 0.6 is 0 Å². The maximum Gasteiger partial charge on any atom is 0.525 e. The fraction of sp³-hybridized carbons (Fsp3) is 0.833. The summed E-state index contributed by atoms with van der Waals surface area (Å²) in [6.45, 7) is 2.15. The van der Waals surface area contributed by atoms with Crippen LogP contribution in [0, 0.1) is 0 Å². The molecule has 3 rings (SSSR count). The third-order valence-electron chi connectivity index (χ3n) is 4.09. The third kappa shape index (κ3) is 1.43. The molecule has 0 saturated heterocycles. The first kappa shape index (κ1) is 9.77. The van der Waals surface area contributed by atoms with Crippen LogP contribution in [0.1, 0.15) is 51.9 Å². The van der Waals surface area contributed by atoms with Crippen LogP contribution < -0.4 is 0 Å². The summed E-state index contributed by atoms with van der Waals surface area (Å²) in [7, 11) is 0.0277. The Balaban J connectivity index is 1.94. The number of hydrogen-bond donors (Lipinski definition) is 0. The van der Waals surface area contributed by atoms with Crippen LogP contribution in [0.2, 0.25) is 6.32 Å². The molecule has 1 fully saturated rings. The molecular weight excluding hydrogens is 187 g/mol. The second kappa shape index (κ2) is 3.55. The minimum atomic E-state index is 0.0277. The van der Waals surface area contributed by atoms with E-state index in [1.54, 1.807) is 0 Å². The second-order valence-electron chi connectivity index (χ2n) is 5.03. The molecule has 0 aromatic heterocycles. The average Bonchev–Trinajstić information content (AvgIpc) is 2.87. The van der Waals surface area contributed by atoms with Gasteiger partial charge in [0.1, 0.15) is 0 Å². The molecule has 0 radical (unpaired) electrons. The van der Waals surface area contributed by atoms with Gasteiger partial charge in [0.05, 0.1) is 11.4 Å². The summed E-state index contributed by atoms with van der Waals surface area (Å²) in [6, 6.07) is 0. The van der Waals surface area contributed by atoms with E-state index in [9.17, 15) is 0 Å². The molecule has 1 heterocycles. The number of fused-ring (bicyclic) bond motifs is 1. The highest BCUT2D eigenvalue weighted by atomic mass is 16.6. The predicted octanol–water partition coefficient (Wildman–Crippen LogP) is 3.29. The van der Waals surface area contributed by atoms with Crippen molar-refractivity contribution in [3.05, 3.63) is 11.3 Å². The van der Waals surface area contributed by atoms with Gasteiger partial charge in [-0.15, -0.1) is 0 Å². The highest BCUT2D eigenvalue weighted by Crippen LogP contribution is 2.49. The summed E-state index contributed by atoms with van der Waals surface area (Å²) in [6.07, 6.45) is 9.71. The zero-order chi connectivity index (χ0) is 10.3. The molecule has 0 amide bonds. The molecule has 0 unspecified atom stereocenters. The van der Waals surface area contributed by atoms with Crippen LogP contribution in [0.5, 0.6) is 0 Å². The van der Waals surface area contributed by atoms with Gasteiger partial charge in [-0.1, -0.05) is 19.8 Å². The van der Waals surface area contributed by atoms with Crippen LogP contribution in [-0.2, 0) is 9.31 Å². The van der Waals surface area contributed by atoms with Gasteiger partial charge in [-0.3, -0.25) is 0 Å². The number of hydrogen-bond acceptors (Lipinski definition) is 2. The fourth-order valence-corrected chi connectivity index (χ4v) is 3.37. The lowest BCUT2D eigenvalue weighted by Gasteiger charge is -2.39. The largest absolute Gasteiger partial charge is 0.539 e. The lowest BCUT2D eigenvalue weighted by atomic mass is 9.78. The molecule has 1 saturated carbocycles. The first-order valence-electron chi connectivity index (χ1n) is 6.41. The van der Waals surface area contributed by atoms with Crippen molar-refractivity contribution in [1.29, 1.82) is 0 Å². The van der Waals surface area contributed by atoms with Crippen molar-refractivity contribution < 1.29 is 9.31 Å². The zero-order valence-electron chi connectivity index (χ0n) is 9.55. The summed E-state index contributed by atoms with van der Waals surface area (Å²) in [5.74, 6) is 1.29. The van der Waals surface area contributed by atoms with Crippen molar-refractivity contribution in [3.8, 4) is 0 Å². The first-order chi connectivity index (χ1) is 7.34. The Morgan fingerprint density at radius 3 is 2.73 bits per heavy atom. The maximum absolute atomic E-state index is 6.22. The topological polar surface area (TPSA) is 18.5 Å². The molecule has 2 nitrogen and oxygen atoms in total. The van der Waals surface area contributed by atoms with Crippen molar-refractivity contribution in [2.45, 2.75) is 63.8 Å². The smallest absolute Gasteiger partial charge is 0.525 e. The van der Waals surface area contributed by atoms with Crippen molar-refractivity contribution in [3.63, 3.8) is 0 Å². The molecule has 0 atom stereocenters. The third-order valence-corrected chi connectivity index (χ3v) is 4.09. The van der Waals surface area contributed by atoms with Crippen molar-refractivity contribution in [2.24, 2.45) is 0 Å². The van der Waals surface area contributed by atoms with Gasteiger partial charge in [0.15, 0.2) is 0 Å². The van der Waals surface area contributed by atoms with Gasteiger partial charge in [0.2, 0.25) is 0 Å². The van der Waals surface area contributed by atoms with E-state index in [1.807, 2.05) is 0 Å². The Kier molecular flexibility index (Phi) is 2.31. The van der Waals surface area contributed by atoms with Gasteiger partial charge in [-0.2, -0.15) is 0 Å². The molecule has 0 bridgehead atoms. The highest BCUT2D eigenvalue weighted by Gasteiger charge is 2.48. The summed E-state index contributed by atoms with van der Waals surface area (Å²) in [5, 5.41) is 0. The molecule has 15 heavy (non-hydrogen) atoms.